The second-order valence-corrected chi connectivity index (χ2v) is 12.7. The third-order valence-corrected chi connectivity index (χ3v) is 9.03. The van der Waals surface area contributed by atoms with Crippen molar-refractivity contribution in [2.24, 2.45) is 0 Å². The molecule has 0 unspecified atom stereocenters. The Morgan fingerprint density at radius 1 is 0.405 bits per heavy atom. The van der Waals surface area contributed by atoms with Gasteiger partial charge in [0.1, 0.15) is 0 Å². The summed E-state index contributed by atoms with van der Waals surface area (Å²) in [5.41, 5.74) is 10.4. The number of unbranched alkanes of at least 4 members (excludes halogenated alkanes) is 12. The number of H-pyrrole nitrogens is 2. The molecular formula is C38H58N4. The number of fused-ring (bicyclic) bond motifs is 2. The predicted octanol–water partition coefficient (Wildman–Crippen LogP) is 11.6. The van der Waals surface area contributed by atoms with Gasteiger partial charge in [0.25, 0.3) is 0 Å². The summed E-state index contributed by atoms with van der Waals surface area (Å²) in [6, 6.07) is 9.50. The number of aromatic amines is 2. The van der Waals surface area contributed by atoms with Crippen LogP contribution in [-0.2, 0) is 25.7 Å². The van der Waals surface area contributed by atoms with E-state index in [1.807, 2.05) is 0 Å². The molecule has 230 valence electrons. The first kappa shape index (κ1) is 32.3. The smallest absolute Gasteiger partial charge is 0.174 e. The molecule has 0 aliphatic heterocycles. The summed E-state index contributed by atoms with van der Waals surface area (Å²) in [6.45, 7) is 9.16. The average molecular weight is 571 g/mol. The van der Waals surface area contributed by atoms with Gasteiger partial charge < -0.3 is 9.97 Å². The van der Waals surface area contributed by atoms with E-state index in [0.717, 1.165) is 46.6 Å². The normalized spacial score (nSPS) is 11.8. The second kappa shape index (κ2) is 17.5. The van der Waals surface area contributed by atoms with Crippen LogP contribution in [0.5, 0.6) is 0 Å². The highest BCUT2D eigenvalue weighted by Crippen LogP contribution is 2.28. The Morgan fingerprint density at radius 3 is 1.02 bits per heavy atom. The van der Waals surface area contributed by atoms with Crippen molar-refractivity contribution in [1.82, 2.24) is 19.9 Å². The summed E-state index contributed by atoms with van der Waals surface area (Å²) in [4.78, 5) is 17.4. The van der Waals surface area contributed by atoms with E-state index in [4.69, 9.17) is 9.97 Å². The molecule has 0 aliphatic rings. The van der Waals surface area contributed by atoms with Gasteiger partial charge in [-0.15, -0.1) is 0 Å². The molecule has 2 aromatic heterocycles. The maximum Gasteiger partial charge on any atom is 0.174 e. The maximum atomic E-state index is 5.07. The van der Waals surface area contributed by atoms with Crippen LogP contribution in [0.15, 0.2) is 24.3 Å². The van der Waals surface area contributed by atoms with E-state index >= 15 is 0 Å². The van der Waals surface area contributed by atoms with Gasteiger partial charge in [0, 0.05) is 0 Å². The van der Waals surface area contributed by atoms with Crippen molar-refractivity contribution in [1.29, 1.82) is 0 Å². The Morgan fingerprint density at radius 2 is 0.714 bits per heavy atom. The molecule has 0 saturated carbocycles. The molecule has 2 heterocycles. The molecule has 4 aromatic rings. The quantitative estimate of drug-likeness (QED) is 0.0979. The maximum absolute atomic E-state index is 5.07. The van der Waals surface area contributed by atoms with E-state index in [-0.39, 0.29) is 0 Å². The van der Waals surface area contributed by atoms with Gasteiger partial charge >= 0.3 is 0 Å². The zero-order chi connectivity index (χ0) is 29.6. The van der Waals surface area contributed by atoms with E-state index in [0.29, 0.717) is 0 Å². The SMILES string of the molecule is CCCCCCc1cc2nc(-c3nc4cc(CCCCCC)c(CCCCCC)cc4[nH]3)[nH]c2cc1CCCCCC. The average Bonchev–Trinajstić information content (AvgIpc) is 3.61. The van der Waals surface area contributed by atoms with E-state index < -0.39 is 0 Å². The van der Waals surface area contributed by atoms with Crippen LogP contribution >= 0.6 is 0 Å². The minimum absolute atomic E-state index is 0.857. The molecule has 4 heteroatoms. The van der Waals surface area contributed by atoms with Gasteiger partial charge in [-0.05, 0) is 97.9 Å². The molecule has 4 rings (SSSR count). The monoisotopic (exact) mass is 570 g/mol. The van der Waals surface area contributed by atoms with Crippen molar-refractivity contribution in [2.75, 3.05) is 0 Å². The molecule has 0 amide bonds. The molecular weight excluding hydrogens is 512 g/mol. The Hall–Kier alpha value is -2.62. The molecule has 0 saturated heterocycles. The van der Waals surface area contributed by atoms with Gasteiger partial charge in [0.15, 0.2) is 11.6 Å². The Labute approximate surface area is 255 Å². The number of nitrogens with zero attached hydrogens (tertiary/aromatic N) is 2. The minimum Gasteiger partial charge on any atom is -0.335 e. The lowest BCUT2D eigenvalue weighted by Crippen LogP contribution is -1.96. The van der Waals surface area contributed by atoms with Gasteiger partial charge in [-0.2, -0.15) is 0 Å². The molecule has 0 atom stereocenters. The fraction of sp³-hybridized carbons (Fsp3) is 0.632. The Bertz CT molecular complexity index is 1140. The number of benzene rings is 2. The lowest BCUT2D eigenvalue weighted by atomic mass is 9.96. The van der Waals surface area contributed by atoms with Crippen molar-refractivity contribution < 1.29 is 0 Å². The van der Waals surface area contributed by atoms with Gasteiger partial charge in [0.2, 0.25) is 0 Å². The zero-order valence-corrected chi connectivity index (χ0v) is 27.3. The highest BCUT2D eigenvalue weighted by Gasteiger charge is 2.15. The summed E-state index contributed by atoms with van der Waals surface area (Å²) in [6.07, 6.45) is 25.4. The molecule has 0 bridgehead atoms. The van der Waals surface area contributed by atoms with E-state index in [2.05, 4.69) is 61.9 Å². The van der Waals surface area contributed by atoms with Gasteiger partial charge in [0.05, 0.1) is 22.1 Å². The predicted molar refractivity (Wildman–Crippen MR) is 183 cm³/mol. The lowest BCUT2D eigenvalue weighted by Gasteiger charge is -2.10. The van der Waals surface area contributed by atoms with Gasteiger partial charge in [-0.1, -0.05) is 105 Å². The fourth-order valence-corrected chi connectivity index (χ4v) is 6.41. The zero-order valence-electron chi connectivity index (χ0n) is 27.3. The summed E-state index contributed by atoms with van der Waals surface area (Å²) in [7, 11) is 0. The van der Waals surface area contributed by atoms with Crippen LogP contribution in [0.3, 0.4) is 0 Å². The number of hydrogen-bond acceptors (Lipinski definition) is 2. The minimum atomic E-state index is 0.857. The number of nitrogens with one attached hydrogen (secondary N) is 2. The van der Waals surface area contributed by atoms with E-state index in [1.54, 1.807) is 0 Å². The number of hydrogen-bond donors (Lipinski definition) is 2. The number of imidazole rings is 2. The summed E-state index contributed by atoms with van der Waals surface area (Å²) < 4.78 is 0. The van der Waals surface area contributed by atoms with Crippen LogP contribution in [0, 0.1) is 0 Å². The third-order valence-electron chi connectivity index (χ3n) is 9.03. The first-order valence-corrected chi connectivity index (χ1v) is 17.7. The Balaban J connectivity index is 1.60. The van der Waals surface area contributed by atoms with Gasteiger partial charge in [-0.3, -0.25) is 0 Å². The van der Waals surface area contributed by atoms with Crippen molar-refractivity contribution in [3.8, 4) is 11.6 Å². The molecule has 2 aromatic carbocycles. The molecule has 42 heavy (non-hydrogen) atoms. The van der Waals surface area contributed by atoms with Crippen LogP contribution in [0.4, 0.5) is 0 Å². The number of aryl methyl sites for hydroxylation is 4. The fourth-order valence-electron chi connectivity index (χ4n) is 6.41. The van der Waals surface area contributed by atoms with Crippen molar-refractivity contribution >= 4 is 22.1 Å². The molecule has 4 nitrogen and oxygen atoms in total. The van der Waals surface area contributed by atoms with Crippen LogP contribution in [0.25, 0.3) is 33.7 Å². The van der Waals surface area contributed by atoms with Crippen molar-refractivity contribution in [3.05, 3.63) is 46.5 Å². The lowest BCUT2D eigenvalue weighted by molar-refractivity contribution is 0.651. The van der Waals surface area contributed by atoms with Crippen molar-refractivity contribution in [3.63, 3.8) is 0 Å². The summed E-state index contributed by atoms with van der Waals surface area (Å²) >= 11 is 0. The molecule has 2 N–H and O–H groups in total. The summed E-state index contributed by atoms with van der Waals surface area (Å²) in [5.74, 6) is 1.71. The topological polar surface area (TPSA) is 57.4 Å². The highest BCUT2D eigenvalue weighted by atomic mass is 15.0. The first-order valence-electron chi connectivity index (χ1n) is 17.7. The molecule has 0 spiro atoms. The standard InChI is InChI=1S/C38H58N4/c1-5-9-13-17-21-29-25-33-34(26-30(29)22-18-14-10-6-2)40-37(39-33)38-41-35-27-31(23-19-15-11-7-3)32(28-36(35)42-38)24-20-16-12-8-4/h25-28H,5-24H2,1-4H3,(H,39,40)(H,41,42). The first-order chi connectivity index (χ1) is 20.7. The number of aromatic nitrogens is 4. The second-order valence-electron chi connectivity index (χ2n) is 12.7. The Kier molecular flexibility index (Phi) is 13.4. The van der Waals surface area contributed by atoms with Crippen LogP contribution in [-0.4, -0.2) is 19.9 Å². The van der Waals surface area contributed by atoms with Crippen LogP contribution < -0.4 is 0 Å². The van der Waals surface area contributed by atoms with Crippen molar-refractivity contribution in [2.45, 2.75) is 156 Å². The largest absolute Gasteiger partial charge is 0.335 e. The third kappa shape index (κ3) is 9.19. The van der Waals surface area contributed by atoms with Gasteiger partial charge in [-0.25, -0.2) is 9.97 Å². The molecule has 0 radical (unpaired) electrons. The summed E-state index contributed by atoms with van der Waals surface area (Å²) in [5, 5.41) is 0. The van der Waals surface area contributed by atoms with Crippen LogP contribution in [0.1, 0.15) is 153 Å². The van der Waals surface area contributed by atoms with E-state index in [1.165, 1.54) is 138 Å². The van der Waals surface area contributed by atoms with Crippen LogP contribution in [0.2, 0.25) is 0 Å². The highest BCUT2D eigenvalue weighted by molar-refractivity contribution is 5.83. The molecule has 0 aliphatic carbocycles. The van der Waals surface area contributed by atoms with E-state index in [9.17, 15) is 0 Å². The number of rotatable bonds is 21. The molecule has 0 fully saturated rings.